The molecule has 0 bridgehead atoms. The van der Waals surface area contributed by atoms with E-state index in [9.17, 15) is 4.79 Å². The number of aromatic nitrogens is 4. The first-order valence-electron chi connectivity index (χ1n) is 8.63. The van der Waals surface area contributed by atoms with E-state index < -0.39 is 0 Å². The van der Waals surface area contributed by atoms with E-state index in [1.165, 1.54) is 0 Å². The van der Waals surface area contributed by atoms with Crippen molar-refractivity contribution in [1.82, 2.24) is 19.7 Å². The molecule has 1 N–H and O–H groups in total. The maximum Gasteiger partial charge on any atom is 0.255 e. The molecule has 0 aliphatic carbocycles. The number of amides is 1. The molecule has 1 amide bonds. The standard InChI is InChI=1S/C21H14N6O2/c22-13-15-1-3-16(4-2-15)21(28)24-17-5-7-18(8-6-17)29-20-10-9-19(25-26-20)27-12-11-23-14-27/h1-12,14H,(H,24,28). The van der Waals surface area contributed by atoms with Gasteiger partial charge in [0.2, 0.25) is 5.88 Å². The quantitative estimate of drug-likeness (QED) is 0.565. The number of nitrogens with zero attached hydrogens (tertiary/aromatic N) is 5. The van der Waals surface area contributed by atoms with Gasteiger partial charge in [-0.1, -0.05) is 0 Å². The van der Waals surface area contributed by atoms with Gasteiger partial charge < -0.3 is 10.1 Å². The minimum Gasteiger partial charge on any atom is -0.438 e. The van der Waals surface area contributed by atoms with Gasteiger partial charge in [0, 0.05) is 29.7 Å². The number of benzene rings is 2. The predicted octanol–water partition coefficient (Wildman–Crippen LogP) is 3.58. The highest BCUT2D eigenvalue weighted by molar-refractivity contribution is 6.04. The number of hydrogen-bond acceptors (Lipinski definition) is 6. The van der Waals surface area contributed by atoms with Crippen molar-refractivity contribution in [2.45, 2.75) is 0 Å². The van der Waals surface area contributed by atoms with Crippen LogP contribution in [0.4, 0.5) is 5.69 Å². The van der Waals surface area contributed by atoms with Crippen LogP contribution in [0.3, 0.4) is 0 Å². The van der Waals surface area contributed by atoms with Crippen molar-refractivity contribution in [1.29, 1.82) is 5.26 Å². The summed E-state index contributed by atoms with van der Waals surface area (Å²) in [6.07, 6.45) is 5.07. The van der Waals surface area contributed by atoms with Crippen molar-refractivity contribution < 1.29 is 9.53 Å². The van der Waals surface area contributed by atoms with Gasteiger partial charge in [0.1, 0.15) is 12.1 Å². The van der Waals surface area contributed by atoms with E-state index >= 15 is 0 Å². The van der Waals surface area contributed by atoms with Crippen molar-refractivity contribution in [3.63, 3.8) is 0 Å². The molecule has 2 aromatic heterocycles. The lowest BCUT2D eigenvalue weighted by molar-refractivity contribution is 0.102. The zero-order chi connectivity index (χ0) is 20.1. The lowest BCUT2D eigenvalue weighted by Crippen LogP contribution is -2.11. The summed E-state index contributed by atoms with van der Waals surface area (Å²) in [5.74, 6) is 1.29. The minimum absolute atomic E-state index is 0.260. The lowest BCUT2D eigenvalue weighted by Gasteiger charge is -2.08. The number of nitrogens with one attached hydrogen (secondary N) is 1. The Hall–Kier alpha value is -4.51. The van der Waals surface area contributed by atoms with Crippen molar-refractivity contribution in [2.24, 2.45) is 0 Å². The van der Waals surface area contributed by atoms with Crippen LogP contribution < -0.4 is 10.1 Å². The highest BCUT2D eigenvalue weighted by Gasteiger charge is 2.07. The third-order valence-electron chi connectivity index (χ3n) is 4.01. The molecule has 140 valence electrons. The van der Waals surface area contributed by atoms with E-state index in [0.717, 1.165) is 0 Å². The van der Waals surface area contributed by atoms with Gasteiger partial charge in [-0.2, -0.15) is 5.26 Å². The number of rotatable bonds is 5. The summed E-state index contributed by atoms with van der Waals surface area (Å²) >= 11 is 0. The molecule has 0 fully saturated rings. The maximum absolute atomic E-state index is 12.3. The van der Waals surface area contributed by atoms with Gasteiger partial charge in [0.05, 0.1) is 11.6 Å². The average Bonchev–Trinajstić information content (AvgIpc) is 3.31. The molecule has 2 heterocycles. The molecule has 8 heteroatoms. The lowest BCUT2D eigenvalue weighted by atomic mass is 10.1. The van der Waals surface area contributed by atoms with Gasteiger partial charge in [-0.15, -0.1) is 10.2 Å². The van der Waals surface area contributed by atoms with Crippen LogP contribution in [-0.4, -0.2) is 25.7 Å². The summed E-state index contributed by atoms with van der Waals surface area (Å²) in [7, 11) is 0. The van der Waals surface area contributed by atoms with E-state index in [1.807, 2.05) is 6.07 Å². The number of ether oxygens (including phenoxy) is 1. The number of hydrogen-bond donors (Lipinski definition) is 1. The van der Waals surface area contributed by atoms with Crippen molar-refractivity contribution >= 4 is 11.6 Å². The van der Waals surface area contributed by atoms with Crippen LogP contribution in [0.1, 0.15) is 15.9 Å². The normalized spacial score (nSPS) is 10.2. The van der Waals surface area contributed by atoms with Crippen LogP contribution in [0.15, 0.2) is 79.4 Å². The Bertz CT molecular complexity index is 1150. The molecule has 0 radical (unpaired) electrons. The van der Waals surface area contributed by atoms with E-state index in [2.05, 4.69) is 20.5 Å². The first-order valence-corrected chi connectivity index (χ1v) is 8.63. The molecule has 0 aliphatic heterocycles. The molecule has 0 spiro atoms. The summed E-state index contributed by atoms with van der Waals surface area (Å²) in [5, 5.41) is 19.7. The third kappa shape index (κ3) is 4.26. The summed E-state index contributed by atoms with van der Waals surface area (Å²) in [4.78, 5) is 16.2. The monoisotopic (exact) mass is 382 g/mol. The van der Waals surface area contributed by atoms with Crippen LogP contribution in [0.25, 0.3) is 5.82 Å². The molecule has 29 heavy (non-hydrogen) atoms. The van der Waals surface area contributed by atoms with Crippen molar-refractivity contribution in [3.05, 3.63) is 90.5 Å². The fourth-order valence-corrected chi connectivity index (χ4v) is 2.53. The Balaban J connectivity index is 1.38. The highest BCUT2D eigenvalue weighted by atomic mass is 16.5. The molecular formula is C21H14N6O2. The zero-order valence-electron chi connectivity index (χ0n) is 15.1. The van der Waals surface area contributed by atoms with Crippen molar-refractivity contribution in [2.75, 3.05) is 5.32 Å². The smallest absolute Gasteiger partial charge is 0.255 e. The molecule has 0 saturated heterocycles. The largest absolute Gasteiger partial charge is 0.438 e. The molecule has 4 rings (SSSR count). The van der Waals surface area contributed by atoms with Crippen LogP contribution in [0.5, 0.6) is 11.6 Å². The fraction of sp³-hybridized carbons (Fsp3) is 0. The van der Waals surface area contributed by atoms with Gasteiger partial charge in [-0.3, -0.25) is 9.36 Å². The Labute approximate surface area is 166 Å². The van der Waals surface area contributed by atoms with E-state index in [4.69, 9.17) is 10.00 Å². The van der Waals surface area contributed by atoms with E-state index in [-0.39, 0.29) is 5.91 Å². The molecule has 2 aromatic carbocycles. The van der Waals surface area contributed by atoms with Gasteiger partial charge in [-0.25, -0.2) is 4.98 Å². The number of nitriles is 1. The van der Waals surface area contributed by atoms with Gasteiger partial charge >= 0.3 is 0 Å². The minimum atomic E-state index is -0.260. The fourth-order valence-electron chi connectivity index (χ4n) is 2.53. The average molecular weight is 382 g/mol. The van der Waals surface area contributed by atoms with Crippen LogP contribution in [0, 0.1) is 11.3 Å². The molecule has 0 aliphatic rings. The summed E-state index contributed by atoms with van der Waals surface area (Å²) < 4.78 is 7.42. The summed E-state index contributed by atoms with van der Waals surface area (Å²) in [6.45, 7) is 0. The summed E-state index contributed by atoms with van der Waals surface area (Å²) in [5.41, 5.74) is 1.59. The molecule has 0 atom stereocenters. The number of imidazole rings is 1. The topological polar surface area (TPSA) is 106 Å². The second-order valence-electron chi connectivity index (χ2n) is 5.97. The molecule has 0 saturated carbocycles. The van der Waals surface area contributed by atoms with Crippen LogP contribution in [0.2, 0.25) is 0 Å². The first-order chi connectivity index (χ1) is 14.2. The Morgan fingerprint density at radius 1 is 1.00 bits per heavy atom. The van der Waals surface area contributed by atoms with Gasteiger partial charge in [-0.05, 0) is 54.6 Å². The van der Waals surface area contributed by atoms with Crippen LogP contribution in [-0.2, 0) is 0 Å². The second kappa shape index (κ2) is 8.02. The van der Waals surface area contributed by atoms with Gasteiger partial charge in [0.25, 0.3) is 5.91 Å². The summed E-state index contributed by atoms with van der Waals surface area (Å²) in [6, 6.07) is 18.8. The molecule has 0 unspecified atom stereocenters. The zero-order valence-corrected chi connectivity index (χ0v) is 15.1. The van der Waals surface area contributed by atoms with Crippen molar-refractivity contribution in [3.8, 4) is 23.5 Å². The molecule has 8 nitrogen and oxygen atoms in total. The SMILES string of the molecule is N#Cc1ccc(C(=O)Nc2ccc(Oc3ccc(-n4ccnc4)nn3)cc2)cc1. The molecular weight excluding hydrogens is 368 g/mol. The predicted molar refractivity (Wildman–Crippen MR) is 105 cm³/mol. The van der Waals surface area contributed by atoms with E-state index in [0.29, 0.717) is 34.3 Å². The number of carbonyl (C=O) groups is 1. The first kappa shape index (κ1) is 17.9. The highest BCUT2D eigenvalue weighted by Crippen LogP contribution is 2.22. The number of anilines is 1. The van der Waals surface area contributed by atoms with E-state index in [1.54, 1.807) is 84.0 Å². The van der Waals surface area contributed by atoms with Gasteiger partial charge in [0.15, 0.2) is 5.82 Å². The Morgan fingerprint density at radius 2 is 1.79 bits per heavy atom. The maximum atomic E-state index is 12.3. The molecule has 4 aromatic rings. The Kier molecular flexibility index (Phi) is 4.95. The number of carbonyl (C=O) groups excluding carboxylic acids is 1. The Morgan fingerprint density at radius 3 is 2.41 bits per heavy atom. The second-order valence-corrected chi connectivity index (χ2v) is 5.97. The third-order valence-corrected chi connectivity index (χ3v) is 4.01. The van der Waals surface area contributed by atoms with Crippen LogP contribution >= 0.6 is 0 Å².